The molecule has 0 unspecified atom stereocenters. The van der Waals surface area contributed by atoms with E-state index in [2.05, 4.69) is 5.32 Å². The molecule has 0 aromatic rings. The number of nitrogens with one attached hydrogen (secondary N) is 1. The zero-order chi connectivity index (χ0) is 7.56. The molecule has 1 heterocycles. The first-order valence-electron chi connectivity index (χ1n) is 3.70. The second-order valence-electron chi connectivity index (χ2n) is 2.79. The fraction of sp³-hybridized carbons (Fsp3) is 0.857. The van der Waals surface area contributed by atoms with Gasteiger partial charge in [0.15, 0.2) is 0 Å². The molecular weight excluding hydrogens is 128 g/mol. The van der Waals surface area contributed by atoms with Gasteiger partial charge >= 0.3 is 0 Å². The number of nitrogens with zero attached hydrogens (tertiary/aromatic N) is 1. The van der Waals surface area contributed by atoms with Gasteiger partial charge in [0.2, 0.25) is 5.91 Å². The molecule has 0 bridgehead atoms. The Bertz CT molecular complexity index is 122. The maximum atomic E-state index is 11.2. The molecule has 1 atom stereocenters. The predicted octanol–water partition coefficient (Wildman–Crippen LogP) is -0.173. The van der Waals surface area contributed by atoms with Gasteiger partial charge in [0.25, 0.3) is 0 Å². The van der Waals surface area contributed by atoms with Crippen LogP contribution in [0, 0.1) is 0 Å². The van der Waals surface area contributed by atoms with Crippen molar-refractivity contribution in [3.05, 3.63) is 0 Å². The van der Waals surface area contributed by atoms with Crippen molar-refractivity contribution in [2.45, 2.75) is 19.4 Å². The number of hydrogen-bond acceptors (Lipinski definition) is 2. The van der Waals surface area contributed by atoms with Crippen molar-refractivity contribution in [3.63, 3.8) is 0 Å². The van der Waals surface area contributed by atoms with E-state index in [1.165, 1.54) is 0 Å². The Morgan fingerprint density at radius 1 is 1.70 bits per heavy atom. The smallest absolute Gasteiger partial charge is 0.239 e. The van der Waals surface area contributed by atoms with Crippen molar-refractivity contribution < 1.29 is 4.79 Å². The summed E-state index contributed by atoms with van der Waals surface area (Å²) in [5, 5.41) is 3.13. The highest BCUT2D eigenvalue weighted by Gasteiger charge is 2.18. The third-order valence-corrected chi connectivity index (χ3v) is 1.87. The van der Waals surface area contributed by atoms with Crippen LogP contribution in [0.5, 0.6) is 0 Å². The molecule has 58 valence electrons. The largest absolute Gasteiger partial charge is 0.344 e. The number of hydrogen-bond donors (Lipinski definition) is 1. The van der Waals surface area contributed by atoms with Crippen molar-refractivity contribution in [2.75, 3.05) is 20.1 Å². The molecule has 3 heteroatoms. The van der Waals surface area contributed by atoms with Gasteiger partial charge in [-0.3, -0.25) is 4.79 Å². The lowest BCUT2D eigenvalue weighted by atomic mass is 10.3. The Labute approximate surface area is 61.4 Å². The minimum atomic E-state index is 0.00694. The molecule has 1 aliphatic rings. The van der Waals surface area contributed by atoms with E-state index < -0.39 is 0 Å². The summed E-state index contributed by atoms with van der Waals surface area (Å²) in [5.74, 6) is 0.206. The monoisotopic (exact) mass is 142 g/mol. The van der Waals surface area contributed by atoms with Crippen LogP contribution in [0.1, 0.15) is 13.3 Å². The Morgan fingerprint density at radius 2 is 2.40 bits per heavy atom. The highest BCUT2D eigenvalue weighted by atomic mass is 16.2. The number of rotatable bonds is 0. The summed E-state index contributed by atoms with van der Waals surface area (Å²) >= 11 is 0. The van der Waals surface area contributed by atoms with Gasteiger partial charge in [0.1, 0.15) is 0 Å². The van der Waals surface area contributed by atoms with Crippen LogP contribution in [0.4, 0.5) is 0 Å². The van der Waals surface area contributed by atoms with Crippen molar-refractivity contribution in [1.82, 2.24) is 10.2 Å². The third-order valence-electron chi connectivity index (χ3n) is 1.87. The van der Waals surface area contributed by atoms with Crippen LogP contribution in [-0.4, -0.2) is 37.0 Å². The zero-order valence-electron chi connectivity index (χ0n) is 6.55. The van der Waals surface area contributed by atoms with Crippen LogP contribution in [0.2, 0.25) is 0 Å². The molecule has 1 saturated heterocycles. The van der Waals surface area contributed by atoms with Crippen LogP contribution in [0.3, 0.4) is 0 Å². The molecular formula is C7H14N2O. The molecule has 1 N–H and O–H groups in total. The van der Waals surface area contributed by atoms with Gasteiger partial charge in [0, 0.05) is 13.6 Å². The fourth-order valence-corrected chi connectivity index (χ4v) is 1.16. The lowest BCUT2D eigenvalue weighted by Gasteiger charge is -2.16. The Kier molecular flexibility index (Phi) is 2.27. The van der Waals surface area contributed by atoms with Crippen LogP contribution in [0.25, 0.3) is 0 Å². The normalized spacial score (nSPS) is 28.4. The maximum Gasteiger partial charge on any atom is 0.239 e. The van der Waals surface area contributed by atoms with Crippen molar-refractivity contribution >= 4 is 5.91 Å². The Hall–Kier alpha value is -0.570. The second kappa shape index (κ2) is 3.01. The average Bonchev–Trinajstić information content (AvgIpc) is 2.04. The minimum Gasteiger partial charge on any atom is -0.344 e. The van der Waals surface area contributed by atoms with E-state index in [-0.39, 0.29) is 11.9 Å². The molecule has 0 aromatic carbocycles. The van der Waals surface area contributed by atoms with Gasteiger partial charge in [-0.05, 0) is 19.9 Å². The lowest BCUT2D eigenvalue weighted by molar-refractivity contribution is -0.130. The maximum absolute atomic E-state index is 11.2. The van der Waals surface area contributed by atoms with E-state index in [0.717, 1.165) is 19.5 Å². The Morgan fingerprint density at radius 3 is 3.10 bits per heavy atom. The third kappa shape index (κ3) is 1.48. The summed E-state index contributed by atoms with van der Waals surface area (Å²) in [6.07, 6.45) is 1.06. The van der Waals surface area contributed by atoms with Crippen LogP contribution >= 0.6 is 0 Å². The molecule has 0 spiro atoms. The highest BCUT2D eigenvalue weighted by molar-refractivity contribution is 5.81. The van der Waals surface area contributed by atoms with Gasteiger partial charge in [0.05, 0.1) is 6.04 Å². The minimum absolute atomic E-state index is 0.00694. The van der Waals surface area contributed by atoms with Crippen molar-refractivity contribution in [2.24, 2.45) is 0 Å². The van der Waals surface area contributed by atoms with Crippen molar-refractivity contribution in [1.29, 1.82) is 0 Å². The van der Waals surface area contributed by atoms with Gasteiger partial charge in [-0.1, -0.05) is 0 Å². The SMILES string of the molecule is C[C@H]1NCCCN(C)C1=O. The summed E-state index contributed by atoms with van der Waals surface area (Å²) < 4.78 is 0. The average molecular weight is 142 g/mol. The van der Waals surface area contributed by atoms with Gasteiger partial charge < -0.3 is 10.2 Å². The van der Waals surface area contributed by atoms with Gasteiger partial charge in [-0.15, -0.1) is 0 Å². The molecule has 1 amide bonds. The summed E-state index contributed by atoms with van der Waals surface area (Å²) in [7, 11) is 1.85. The van der Waals surface area contributed by atoms with E-state index in [9.17, 15) is 4.79 Å². The van der Waals surface area contributed by atoms with Crippen molar-refractivity contribution in [3.8, 4) is 0 Å². The van der Waals surface area contributed by atoms with Gasteiger partial charge in [-0.25, -0.2) is 0 Å². The van der Waals surface area contributed by atoms with Crippen LogP contribution in [-0.2, 0) is 4.79 Å². The molecule has 1 aliphatic heterocycles. The van der Waals surface area contributed by atoms with E-state index in [0.29, 0.717) is 0 Å². The van der Waals surface area contributed by atoms with Gasteiger partial charge in [-0.2, -0.15) is 0 Å². The molecule has 0 radical (unpaired) electrons. The zero-order valence-corrected chi connectivity index (χ0v) is 6.55. The Balaban J connectivity index is 2.55. The molecule has 1 fully saturated rings. The topological polar surface area (TPSA) is 32.3 Å². The molecule has 0 aromatic heterocycles. The highest BCUT2D eigenvalue weighted by Crippen LogP contribution is 1.97. The fourth-order valence-electron chi connectivity index (χ4n) is 1.16. The molecule has 0 saturated carbocycles. The van der Waals surface area contributed by atoms with E-state index in [1.807, 2.05) is 14.0 Å². The summed E-state index contributed by atoms with van der Waals surface area (Å²) in [4.78, 5) is 13.0. The van der Waals surface area contributed by atoms with E-state index in [1.54, 1.807) is 4.90 Å². The summed E-state index contributed by atoms with van der Waals surface area (Å²) in [6, 6.07) is 0.00694. The number of amides is 1. The predicted molar refractivity (Wildman–Crippen MR) is 39.7 cm³/mol. The molecule has 3 nitrogen and oxygen atoms in total. The molecule has 0 aliphatic carbocycles. The van der Waals surface area contributed by atoms with E-state index >= 15 is 0 Å². The molecule has 10 heavy (non-hydrogen) atoms. The van der Waals surface area contributed by atoms with Crippen LogP contribution < -0.4 is 5.32 Å². The summed E-state index contributed by atoms with van der Waals surface area (Å²) in [6.45, 7) is 3.75. The first-order valence-corrected chi connectivity index (χ1v) is 3.70. The molecule has 1 rings (SSSR count). The van der Waals surface area contributed by atoms with Crippen LogP contribution in [0.15, 0.2) is 0 Å². The number of carbonyl (C=O) groups excluding carboxylic acids is 1. The number of likely N-dealkylation sites (N-methyl/N-ethyl adjacent to an activating group) is 1. The first-order chi connectivity index (χ1) is 4.72. The second-order valence-corrected chi connectivity index (χ2v) is 2.79. The number of carbonyl (C=O) groups is 1. The lowest BCUT2D eigenvalue weighted by Crippen LogP contribution is -2.39. The first kappa shape index (κ1) is 7.54. The van der Waals surface area contributed by atoms with E-state index in [4.69, 9.17) is 0 Å². The standard InChI is InChI=1S/C7H14N2O/c1-6-7(10)9(2)5-3-4-8-6/h6,8H,3-5H2,1-2H3/t6-/m1/s1. The quantitative estimate of drug-likeness (QED) is 0.509. The summed E-state index contributed by atoms with van der Waals surface area (Å²) in [5.41, 5.74) is 0.